The average Bonchev–Trinajstić information content (AvgIpc) is 3.00. The van der Waals surface area contributed by atoms with Crippen LogP contribution in [0.1, 0.15) is 34.8 Å². The average molecular weight is 298 g/mol. The van der Waals surface area contributed by atoms with E-state index in [1.54, 1.807) is 0 Å². The number of nitrogens with zero attached hydrogens (tertiary/aromatic N) is 2. The van der Waals surface area contributed by atoms with Crippen molar-refractivity contribution in [2.75, 3.05) is 25.2 Å². The van der Waals surface area contributed by atoms with Gasteiger partial charge in [0.1, 0.15) is 5.01 Å². The van der Waals surface area contributed by atoms with E-state index >= 15 is 0 Å². The highest BCUT2D eigenvalue weighted by atomic mass is 32.2. The molecule has 1 aromatic heterocycles. The Kier molecular flexibility index (Phi) is 4.17. The van der Waals surface area contributed by atoms with E-state index in [0.29, 0.717) is 0 Å². The van der Waals surface area contributed by atoms with Gasteiger partial charge in [0.05, 0.1) is 18.8 Å². The first-order valence-electron chi connectivity index (χ1n) is 7.11. The second-order valence-electron chi connectivity index (χ2n) is 5.68. The molecule has 19 heavy (non-hydrogen) atoms. The summed E-state index contributed by atoms with van der Waals surface area (Å²) in [6.45, 7) is 1.16. The predicted octanol–water partition coefficient (Wildman–Crippen LogP) is 2.32. The second-order valence-corrected chi connectivity index (χ2v) is 8.07. The van der Waals surface area contributed by atoms with Crippen molar-refractivity contribution in [3.63, 3.8) is 0 Å². The third-order valence-corrected chi connectivity index (χ3v) is 6.67. The van der Waals surface area contributed by atoms with Gasteiger partial charge in [0.15, 0.2) is 0 Å². The van der Waals surface area contributed by atoms with E-state index in [1.165, 1.54) is 39.9 Å². The van der Waals surface area contributed by atoms with Gasteiger partial charge in [0, 0.05) is 10.4 Å². The van der Waals surface area contributed by atoms with Gasteiger partial charge in [-0.15, -0.1) is 11.3 Å². The van der Waals surface area contributed by atoms with Gasteiger partial charge in [-0.1, -0.05) is 0 Å². The molecule has 1 fully saturated rings. The number of aromatic nitrogens is 1. The minimum atomic E-state index is -0.0125. The van der Waals surface area contributed by atoms with Crippen LogP contribution in [0.4, 0.5) is 0 Å². The van der Waals surface area contributed by atoms with E-state index in [-0.39, 0.29) is 12.1 Å². The Balaban J connectivity index is 1.70. The standard InChI is InChI=1S/C14H22N2OS2/c1-16(14(10-17)5-7-18-8-6-14)9-13-15-11-3-2-4-12(11)19-13/h17H,2-10H2,1H3. The van der Waals surface area contributed by atoms with Crippen molar-refractivity contribution in [2.45, 2.75) is 44.2 Å². The molecule has 0 atom stereocenters. The van der Waals surface area contributed by atoms with E-state index in [0.717, 1.165) is 25.8 Å². The number of hydrogen-bond acceptors (Lipinski definition) is 5. The van der Waals surface area contributed by atoms with Gasteiger partial charge in [-0.25, -0.2) is 4.98 Å². The molecule has 1 aliphatic carbocycles. The number of fused-ring (bicyclic) bond motifs is 1. The zero-order valence-electron chi connectivity index (χ0n) is 11.5. The van der Waals surface area contributed by atoms with Crippen molar-refractivity contribution in [2.24, 2.45) is 0 Å². The van der Waals surface area contributed by atoms with E-state index in [9.17, 15) is 5.11 Å². The van der Waals surface area contributed by atoms with Crippen LogP contribution in [0.15, 0.2) is 0 Å². The van der Waals surface area contributed by atoms with Crippen LogP contribution in [-0.2, 0) is 19.4 Å². The molecule has 0 saturated carbocycles. The van der Waals surface area contributed by atoms with Gasteiger partial charge in [-0.05, 0) is 50.7 Å². The Hall–Kier alpha value is -0.100. The minimum absolute atomic E-state index is 0.0125. The van der Waals surface area contributed by atoms with Crippen molar-refractivity contribution in [3.8, 4) is 0 Å². The molecule has 3 rings (SSSR count). The van der Waals surface area contributed by atoms with Gasteiger partial charge >= 0.3 is 0 Å². The SMILES string of the molecule is CN(Cc1nc2c(s1)CCC2)C1(CO)CCSCC1. The molecule has 106 valence electrons. The largest absolute Gasteiger partial charge is 0.394 e. The number of rotatable bonds is 4. The third kappa shape index (κ3) is 2.71. The van der Waals surface area contributed by atoms with Gasteiger partial charge < -0.3 is 5.11 Å². The van der Waals surface area contributed by atoms with E-state index in [1.807, 2.05) is 23.1 Å². The van der Waals surface area contributed by atoms with Gasteiger partial charge in [-0.2, -0.15) is 11.8 Å². The highest BCUT2D eigenvalue weighted by Gasteiger charge is 2.36. The van der Waals surface area contributed by atoms with E-state index in [2.05, 4.69) is 11.9 Å². The molecule has 0 radical (unpaired) electrons. The zero-order chi connectivity index (χ0) is 13.3. The van der Waals surface area contributed by atoms with Crippen LogP contribution in [-0.4, -0.2) is 45.7 Å². The fourth-order valence-electron chi connectivity index (χ4n) is 3.09. The first kappa shape index (κ1) is 13.9. The normalized spacial score (nSPS) is 21.8. The summed E-state index contributed by atoms with van der Waals surface area (Å²) in [5.41, 5.74) is 1.33. The van der Waals surface area contributed by atoms with Crippen LogP contribution in [0.3, 0.4) is 0 Å². The van der Waals surface area contributed by atoms with Crippen molar-refractivity contribution >= 4 is 23.1 Å². The Morgan fingerprint density at radius 1 is 1.32 bits per heavy atom. The lowest BCUT2D eigenvalue weighted by molar-refractivity contribution is 0.0360. The molecular weight excluding hydrogens is 276 g/mol. The molecule has 0 unspecified atom stereocenters. The number of aryl methyl sites for hydroxylation is 2. The summed E-state index contributed by atoms with van der Waals surface area (Å²) in [5, 5.41) is 11.1. The molecule has 1 aliphatic heterocycles. The van der Waals surface area contributed by atoms with Crippen LogP contribution >= 0.6 is 23.1 Å². The Bertz CT molecular complexity index is 419. The molecule has 2 heterocycles. The summed E-state index contributed by atoms with van der Waals surface area (Å²) in [5.74, 6) is 2.33. The smallest absolute Gasteiger partial charge is 0.107 e. The van der Waals surface area contributed by atoms with Gasteiger partial charge in [0.25, 0.3) is 0 Å². The number of thioether (sulfide) groups is 1. The molecule has 1 saturated heterocycles. The molecular formula is C14H22N2OS2. The molecule has 1 N–H and O–H groups in total. The fraction of sp³-hybridized carbons (Fsp3) is 0.786. The summed E-state index contributed by atoms with van der Waals surface area (Å²) >= 11 is 3.89. The van der Waals surface area contributed by atoms with Crippen molar-refractivity contribution < 1.29 is 5.11 Å². The minimum Gasteiger partial charge on any atom is -0.394 e. The van der Waals surface area contributed by atoms with Crippen LogP contribution in [0.25, 0.3) is 0 Å². The Morgan fingerprint density at radius 3 is 2.79 bits per heavy atom. The van der Waals surface area contributed by atoms with Crippen LogP contribution < -0.4 is 0 Å². The van der Waals surface area contributed by atoms with Crippen molar-refractivity contribution in [1.82, 2.24) is 9.88 Å². The van der Waals surface area contributed by atoms with Crippen LogP contribution in [0.2, 0.25) is 0 Å². The lowest BCUT2D eigenvalue weighted by atomic mass is 9.91. The quantitative estimate of drug-likeness (QED) is 0.925. The van der Waals surface area contributed by atoms with Crippen molar-refractivity contribution in [3.05, 3.63) is 15.6 Å². The zero-order valence-corrected chi connectivity index (χ0v) is 13.2. The van der Waals surface area contributed by atoms with Gasteiger partial charge in [0.2, 0.25) is 0 Å². The maximum Gasteiger partial charge on any atom is 0.107 e. The van der Waals surface area contributed by atoms with Crippen LogP contribution in [0, 0.1) is 0 Å². The summed E-state index contributed by atoms with van der Waals surface area (Å²) in [4.78, 5) is 8.63. The predicted molar refractivity (Wildman–Crippen MR) is 82.0 cm³/mol. The molecule has 3 nitrogen and oxygen atoms in total. The van der Waals surface area contributed by atoms with Crippen LogP contribution in [0.5, 0.6) is 0 Å². The van der Waals surface area contributed by atoms with E-state index < -0.39 is 0 Å². The molecule has 2 aliphatic rings. The Morgan fingerprint density at radius 2 is 2.11 bits per heavy atom. The lowest BCUT2D eigenvalue weighted by Gasteiger charge is -2.42. The van der Waals surface area contributed by atoms with Crippen molar-refractivity contribution in [1.29, 1.82) is 0 Å². The first-order chi connectivity index (χ1) is 9.23. The number of likely N-dealkylation sites (N-methyl/N-ethyl adjacent to an activating group) is 1. The summed E-state index contributed by atoms with van der Waals surface area (Å²) in [6, 6.07) is 0. The fourth-order valence-corrected chi connectivity index (χ4v) is 5.56. The molecule has 0 amide bonds. The first-order valence-corrected chi connectivity index (χ1v) is 9.08. The second kappa shape index (κ2) is 5.72. The molecule has 5 heteroatoms. The monoisotopic (exact) mass is 298 g/mol. The summed E-state index contributed by atoms with van der Waals surface area (Å²) in [6.07, 6.45) is 5.85. The number of aliphatic hydroxyl groups excluding tert-OH is 1. The molecule has 0 aromatic carbocycles. The number of thiazole rings is 1. The maximum absolute atomic E-state index is 9.84. The van der Waals surface area contributed by atoms with Gasteiger partial charge in [-0.3, -0.25) is 4.90 Å². The number of aliphatic hydroxyl groups is 1. The topological polar surface area (TPSA) is 36.4 Å². The molecule has 1 aromatic rings. The van der Waals surface area contributed by atoms with E-state index in [4.69, 9.17) is 4.98 Å². The lowest BCUT2D eigenvalue weighted by Crippen LogP contribution is -2.51. The molecule has 0 bridgehead atoms. The third-order valence-electron chi connectivity index (χ3n) is 4.54. The Labute approximate surface area is 123 Å². The highest BCUT2D eigenvalue weighted by Crippen LogP contribution is 2.34. The maximum atomic E-state index is 9.84. The summed E-state index contributed by atoms with van der Waals surface area (Å²) in [7, 11) is 2.15. The number of hydrogen-bond donors (Lipinski definition) is 1. The summed E-state index contributed by atoms with van der Waals surface area (Å²) < 4.78 is 0. The highest BCUT2D eigenvalue weighted by molar-refractivity contribution is 7.99. The molecule has 0 spiro atoms.